The summed E-state index contributed by atoms with van der Waals surface area (Å²) in [5.41, 5.74) is 4.34. The monoisotopic (exact) mass is 382 g/mol. The van der Waals surface area contributed by atoms with E-state index >= 15 is 0 Å². The second kappa shape index (κ2) is 7.57. The van der Waals surface area contributed by atoms with E-state index in [1.165, 1.54) is 4.90 Å². The summed E-state index contributed by atoms with van der Waals surface area (Å²) in [6.07, 6.45) is 0. The van der Waals surface area contributed by atoms with E-state index in [2.05, 4.69) is 11.4 Å². The summed E-state index contributed by atoms with van der Waals surface area (Å²) >= 11 is 5.99. The van der Waals surface area contributed by atoms with Crippen LogP contribution in [0, 0.1) is 19.8 Å². The number of rotatable bonds is 5. The second-order valence-corrected chi connectivity index (χ2v) is 7.81. The van der Waals surface area contributed by atoms with Crippen molar-refractivity contribution in [1.82, 2.24) is 4.90 Å². The van der Waals surface area contributed by atoms with Gasteiger partial charge in [0.25, 0.3) is 11.8 Å². The Bertz CT molecular complexity index is 910. The van der Waals surface area contributed by atoms with Gasteiger partial charge < -0.3 is 5.32 Å². The highest BCUT2D eigenvalue weighted by Crippen LogP contribution is 2.32. The highest BCUT2D eigenvalue weighted by atomic mass is 35.5. The van der Waals surface area contributed by atoms with Crippen LogP contribution < -0.4 is 5.32 Å². The number of benzene rings is 2. The predicted octanol–water partition coefficient (Wildman–Crippen LogP) is 4.80. The zero-order chi connectivity index (χ0) is 19.7. The van der Waals surface area contributed by atoms with Crippen LogP contribution in [0.4, 0.5) is 5.69 Å². The van der Waals surface area contributed by atoms with Crippen molar-refractivity contribution in [3.05, 3.63) is 69.9 Å². The summed E-state index contributed by atoms with van der Waals surface area (Å²) in [5, 5.41) is 3.79. The van der Waals surface area contributed by atoms with E-state index < -0.39 is 0 Å². The molecule has 0 aromatic heterocycles. The number of hydrogen-bond donors (Lipinski definition) is 1. The van der Waals surface area contributed by atoms with Crippen molar-refractivity contribution < 1.29 is 9.59 Å². The van der Waals surface area contributed by atoms with Gasteiger partial charge in [-0.25, -0.2) is 0 Å². The molecule has 0 unspecified atom stereocenters. The third kappa shape index (κ3) is 4.06. The van der Waals surface area contributed by atoms with Gasteiger partial charge in [-0.1, -0.05) is 43.6 Å². The van der Waals surface area contributed by atoms with Crippen LogP contribution in [-0.2, 0) is 9.59 Å². The van der Waals surface area contributed by atoms with Gasteiger partial charge in [0.05, 0.1) is 5.57 Å². The van der Waals surface area contributed by atoms with E-state index in [1.807, 2.05) is 39.8 Å². The normalized spacial score (nSPS) is 14.5. The molecule has 1 aliphatic heterocycles. The lowest BCUT2D eigenvalue weighted by molar-refractivity contribution is -0.137. The third-order valence-electron chi connectivity index (χ3n) is 4.34. The van der Waals surface area contributed by atoms with Gasteiger partial charge >= 0.3 is 0 Å². The van der Waals surface area contributed by atoms with Crippen molar-refractivity contribution in [3.8, 4) is 0 Å². The van der Waals surface area contributed by atoms with Crippen molar-refractivity contribution in [2.75, 3.05) is 11.9 Å². The number of carbonyl (C=O) groups is 2. The molecule has 27 heavy (non-hydrogen) atoms. The summed E-state index contributed by atoms with van der Waals surface area (Å²) in [4.78, 5) is 27.4. The van der Waals surface area contributed by atoms with Gasteiger partial charge in [-0.2, -0.15) is 0 Å². The molecule has 0 saturated carbocycles. The second-order valence-electron chi connectivity index (χ2n) is 7.37. The zero-order valence-electron chi connectivity index (χ0n) is 16.0. The summed E-state index contributed by atoms with van der Waals surface area (Å²) in [6, 6.07) is 13.0. The first-order valence-electron chi connectivity index (χ1n) is 8.98. The Kier molecular flexibility index (Phi) is 5.38. The number of amides is 2. The maximum atomic E-state index is 13.0. The van der Waals surface area contributed by atoms with Gasteiger partial charge in [-0.15, -0.1) is 0 Å². The molecule has 0 aliphatic carbocycles. The fraction of sp³-hybridized carbons (Fsp3) is 0.273. The topological polar surface area (TPSA) is 49.4 Å². The summed E-state index contributed by atoms with van der Waals surface area (Å²) in [7, 11) is 0. The van der Waals surface area contributed by atoms with Crippen molar-refractivity contribution >= 4 is 34.7 Å². The molecule has 5 heteroatoms. The maximum Gasteiger partial charge on any atom is 0.278 e. The number of hydrogen-bond acceptors (Lipinski definition) is 3. The van der Waals surface area contributed by atoms with Crippen molar-refractivity contribution in [2.24, 2.45) is 5.92 Å². The molecule has 1 N–H and O–H groups in total. The molecule has 0 radical (unpaired) electrons. The van der Waals surface area contributed by atoms with Crippen LogP contribution in [0.3, 0.4) is 0 Å². The molecule has 2 aromatic rings. The predicted molar refractivity (Wildman–Crippen MR) is 109 cm³/mol. The molecule has 3 rings (SSSR count). The molecule has 140 valence electrons. The lowest BCUT2D eigenvalue weighted by Gasteiger charge is -2.17. The minimum Gasteiger partial charge on any atom is -0.350 e. The standard InChI is InChI=1S/C22H23ClN2O2/c1-13(2)12-25-21(26)19(16-5-7-17(23)8-6-16)20(22(25)27)24-18-10-14(3)9-15(4)11-18/h5-11,13,24H,12H2,1-4H3. The minimum absolute atomic E-state index is 0.185. The zero-order valence-corrected chi connectivity index (χ0v) is 16.7. The van der Waals surface area contributed by atoms with Gasteiger partial charge in [-0.3, -0.25) is 14.5 Å². The number of anilines is 1. The van der Waals surface area contributed by atoms with Crippen LogP contribution >= 0.6 is 11.6 Å². The molecular weight excluding hydrogens is 360 g/mol. The van der Waals surface area contributed by atoms with E-state index in [9.17, 15) is 9.59 Å². The highest BCUT2D eigenvalue weighted by molar-refractivity contribution is 6.36. The van der Waals surface area contributed by atoms with Crippen LogP contribution in [0.15, 0.2) is 48.2 Å². The number of aryl methyl sites for hydroxylation is 2. The molecule has 1 heterocycles. The number of imide groups is 1. The molecule has 0 spiro atoms. The van der Waals surface area contributed by atoms with E-state index in [-0.39, 0.29) is 17.7 Å². The maximum absolute atomic E-state index is 13.0. The number of halogens is 1. The quantitative estimate of drug-likeness (QED) is 0.755. The fourth-order valence-electron chi connectivity index (χ4n) is 3.30. The summed E-state index contributed by atoms with van der Waals surface area (Å²) < 4.78 is 0. The third-order valence-corrected chi connectivity index (χ3v) is 4.59. The first kappa shape index (κ1) is 19.2. The van der Waals surface area contributed by atoms with Gasteiger partial charge in [0, 0.05) is 17.3 Å². The molecule has 0 atom stereocenters. The smallest absolute Gasteiger partial charge is 0.278 e. The molecule has 4 nitrogen and oxygen atoms in total. The molecular formula is C22H23ClN2O2. The number of carbonyl (C=O) groups excluding carboxylic acids is 2. The van der Waals surface area contributed by atoms with E-state index in [0.29, 0.717) is 28.4 Å². The Labute approximate surface area is 164 Å². The van der Waals surface area contributed by atoms with Crippen molar-refractivity contribution in [2.45, 2.75) is 27.7 Å². The summed E-state index contributed by atoms with van der Waals surface area (Å²) in [6.45, 7) is 8.35. The molecule has 0 fully saturated rings. The van der Waals surface area contributed by atoms with Crippen molar-refractivity contribution in [1.29, 1.82) is 0 Å². The molecule has 1 aliphatic rings. The van der Waals surface area contributed by atoms with Gasteiger partial charge in [0.2, 0.25) is 0 Å². The molecule has 2 amide bonds. The van der Waals surface area contributed by atoms with Crippen LogP contribution in [0.5, 0.6) is 0 Å². The Morgan fingerprint density at radius 1 is 0.963 bits per heavy atom. The summed E-state index contributed by atoms with van der Waals surface area (Å²) in [5.74, 6) is -0.384. The number of nitrogens with one attached hydrogen (secondary N) is 1. The highest BCUT2D eigenvalue weighted by Gasteiger charge is 2.39. The SMILES string of the molecule is Cc1cc(C)cc(NC2=C(c3ccc(Cl)cc3)C(=O)N(CC(C)C)C2=O)c1. The Hall–Kier alpha value is -2.59. The lowest BCUT2D eigenvalue weighted by Crippen LogP contribution is -2.35. The van der Waals surface area contributed by atoms with Gasteiger partial charge in [-0.05, 0) is 60.7 Å². The van der Waals surface area contributed by atoms with Crippen LogP contribution in [0.1, 0.15) is 30.5 Å². The van der Waals surface area contributed by atoms with E-state index in [0.717, 1.165) is 16.8 Å². The van der Waals surface area contributed by atoms with E-state index in [4.69, 9.17) is 11.6 Å². The molecule has 0 bridgehead atoms. The average Bonchev–Trinajstić information content (AvgIpc) is 2.79. The minimum atomic E-state index is -0.294. The average molecular weight is 383 g/mol. The molecule has 2 aromatic carbocycles. The largest absolute Gasteiger partial charge is 0.350 e. The number of nitrogens with zero attached hydrogens (tertiary/aromatic N) is 1. The van der Waals surface area contributed by atoms with Gasteiger partial charge in [0.1, 0.15) is 5.70 Å². The first-order valence-corrected chi connectivity index (χ1v) is 9.36. The molecule has 0 saturated heterocycles. The van der Waals surface area contributed by atoms with Crippen molar-refractivity contribution in [3.63, 3.8) is 0 Å². The Morgan fingerprint density at radius 3 is 2.11 bits per heavy atom. The Balaban J connectivity index is 2.08. The first-order chi connectivity index (χ1) is 12.8. The van der Waals surface area contributed by atoms with Crippen LogP contribution in [0.2, 0.25) is 5.02 Å². The van der Waals surface area contributed by atoms with E-state index in [1.54, 1.807) is 24.3 Å². The van der Waals surface area contributed by atoms with Gasteiger partial charge in [0.15, 0.2) is 0 Å². The van der Waals surface area contributed by atoms with Crippen LogP contribution in [0.25, 0.3) is 5.57 Å². The lowest BCUT2D eigenvalue weighted by atomic mass is 10.0. The fourth-order valence-corrected chi connectivity index (χ4v) is 3.42. The van der Waals surface area contributed by atoms with Crippen LogP contribution in [-0.4, -0.2) is 23.3 Å². The Morgan fingerprint density at radius 2 is 1.56 bits per heavy atom.